The fraction of sp³-hybridized carbons (Fsp3) is 0.500. The number of benzene rings is 1. The van der Waals surface area contributed by atoms with E-state index in [1.165, 1.54) is 0 Å². The van der Waals surface area contributed by atoms with Gasteiger partial charge < -0.3 is 20.5 Å². The second kappa shape index (κ2) is 7.65. The van der Waals surface area contributed by atoms with Crippen LogP contribution in [0.3, 0.4) is 0 Å². The van der Waals surface area contributed by atoms with E-state index in [1.54, 1.807) is 18.2 Å². The number of carbonyl (C=O) groups excluding carboxylic acids is 2. The molecule has 134 valence electrons. The van der Waals surface area contributed by atoms with Crippen molar-refractivity contribution in [2.24, 2.45) is 11.8 Å². The molecule has 1 aliphatic heterocycles. The summed E-state index contributed by atoms with van der Waals surface area (Å²) in [4.78, 5) is 35.2. The highest BCUT2D eigenvalue weighted by molar-refractivity contribution is 5.94. The van der Waals surface area contributed by atoms with Crippen LogP contribution in [0.15, 0.2) is 24.3 Å². The molecular formula is C18H22N2O5. The van der Waals surface area contributed by atoms with E-state index in [1.807, 2.05) is 6.07 Å². The maximum atomic E-state index is 12.1. The van der Waals surface area contributed by atoms with E-state index < -0.39 is 23.9 Å². The lowest BCUT2D eigenvalue weighted by Crippen LogP contribution is -2.43. The van der Waals surface area contributed by atoms with Gasteiger partial charge in [0.05, 0.1) is 11.8 Å². The predicted octanol–water partition coefficient (Wildman–Crippen LogP) is 1.53. The molecule has 1 heterocycles. The van der Waals surface area contributed by atoms with E-state index in [9.17, 15) is 14.4 Å². The van der Waals surface area contributed by atoms with Crippen LogP contribution in [-0.2, 0) is 25.7 Å². The van der Waals surface area contributed by atoms with Crippen LogP contribution in [0.5, 0.6) is 0 Å². The molecule has 2 aliphatic rings. The maximum absolute atomic E-state index is 12.1. The van der Waals surface area contributed by atoms with Crippen molar-refractivity contribution in [2.45, 2.75) is 38.3 Å². The number of aliphatic carboxylic acids is 1. The number of ether oxygens (including phenoxy) is 1. The Morgan fingerprint density at radius 3 is 2.56 bits per heavy atom. The van der Waals surface area contributed by atoms with E-state index in [0.29, 0.717) is 31.7 Å². The highest BCUT2D eigenvalue weighted by Crippen LogP contribution is 2.34. The third-order valence-corrected chi connectivity index (χ3v) is 4.81. The molecular weight excluding hydrogens is 324 g/mol. The summed E-state index contributed by atoms with van der Waals surface area (Å²) in [5.41, 5.74) is 1.49. The van der Waals surface area contributed by atoms with E-state index >= 15 is 0 Å². The zero-order chi connectivity index (χ0) is 17.8. The van der Waals surface area contributed by atoms with E-state index in [-0.39, 0.29) is 11.8 Å². The summed E-state index contributed by atoms with van der Waals surface area (Å²) < 4.78 is 5.35. The highest BCUT2D eigenvalue weighted by Gasteiger charge is 2.41. The molecule has 2 amide bonds. The number of hydrogen-bond acceptors (Lipinski definition) is 4. The van der Waals surface area contributed by atoms with Crippen LogP contribution in [0.1, 0.15) is 31.2 Å². The number of anilines is 1. The van der Waals surface area contributed by atoms with Crippen molar-refractivity contribution in [3.63, 3.8) is 0 Å². The topological polar surface area (TPSA) is 105 Å². The minimum Gasteiger partial charge on any atom is -0.481 e. The van der Waals surface area contributed by atoms with Crippen molar-refractivity contribution < 1.29 is 24.2 Å². The van der Waals surface area contributed by atoms with Crippen LogP contribution in [0.25, 0.3) is 0 Å². The Morgan fingerprint density at radius 1 is 1.12 bits per heavy atom. The molecule has 25 heavy (non-hydrogen) atoms. The highest BCUT2D eigenvalue weighted by atomic mass is 16.5. The molecule has 7 heteroatoms. The molecule has 3 unspecified atom stereocenters. The van der Waals surface area contributed by atoms with Gasteiger partial charge in [-0.25, -0.2) is 0 Å². The number of hydrogen-bond donors (Lipinski definition) is 3. The lowest BCUT2D eigenvalue weighted by molar-refractivity contribution is -0.152. The number of carboxylic acids is 1. The van der Waals surface area contributed by atoms with Crippen molar-refractivity contribution in [1.29, 1.82) is 0 Å². The Labute approximate surface area is 145 Å². The number of amides is 2. The summed E-state index contributed by atoms with van der Waals surface area (Å²) >= 11 is 0. The van der Waals surface area contributed by atoms with Gasteiger partial charge in [-0.2, -0.15) is 0 Å². The Hall–Kier alpha value is -2.41. The summed E-state index contributed by atoms with van der Waals surface area (Å²) in [6.45, 7) is 0.911. The van der Waals surface area contributed by atoms with Crippen molar-refractivity contribution in [2.75, 3.05) is 11.9 Å². The minimum atomic E-state index is -0.912. The van der Waals surface area contributed by atoms with Crippen LogP contribution >= 0.6 is 0 Å². The van der Waals surface area contributed by atoms with Gasteiger partial charge in [0.2, 0.25) is 5.91 Å². The van der Waals surface area contributed by atoms with Crippen LogP contribution in [0.2, 0.25) is 0 Å². The van der Waals surface area contributed by atoms with Gasteiger partial charge in [-0.15, -0.1) is 0 Å². The summed E-state index contributed by atoms with van der Waals surface area (Å²) in [5, 5.41) is 14.6. The summed E-state index contributed by atoms with van der Waals surface area (Å²) in [7, 11) is 0. The quantitative estimate of drug-likeness (QED) is 0.724. The van der Waals surface area contributed by atoms with Crippen molar-refractivity contribution in [1.82, 2.24) is 5.32 Å². The molecule has 0 spiro atoms. The summed E-state index contributed by atoms with van der Waals surface area (Å²) in [6.07, 6.45) is 2.39. The Bertz CT molecular complexity index is 669. The lowest BCUT2D eigenvalue weighted by Gasteiger charge is -2.31. The first-order chi connectivity index (χ1) is 12.0. The molecule has 0 aromatic heterocycles. The molecule has 1 saturated carbocycles. The summed E-state index contributed by atoms with van der Waals surface area (Å²) in [5.74, 6) is -2.31. The monoisotopic (exact) mass is 346 g/mol. The second-order valence-electron chi connectivity index (χ2n) is 6.54. The van der Waals surface area contributed by atoms with Gasteiger partial charge >= 0.3 is 5.97 Å². The molecule has 3 N–H and O–H groups in total. The Morgan fingerprint density at radius 2 is 1.92 bits per heavy atom. The normalized spacial score (nSPS) is 25.0. The number of carboxylic acid groups (broad SMARTS) is 1. The van der Waals surface area contributed by atoms with Crippen molar-refractivity contribution in [3.05, 3.63) is 29.8 Å². The minimum absolute atomic E-state index is 0.155. The predicted molar refractivity (Wildman–Crippen MR) is 89.7 cm³/mol. The first-order valence-electron chi connectivity index (χ1n) is 8.56. The fourth-order valence-corrected chi connectivity index (χ4v) is 3.20. The third-order valence-electron chi connectivity index (χ3n) is 4.81. The molecule has 0 bridgehead atoms. The molecule has 1 aromatic rings. The summed E-state index contributed by atoms with van der Waals surface area (Å²) in [6, 6.07) is 7.22. The number of rotatable bonds is 6. The standard InChI is InChI=1S/C18H22N2O5/c21-16(13-6-7-14(13)18(23)24)19-10-11-3-1-4-12(9-11)20-17(22)15-5-2-8-25-15/h1,3-4,9,13-15H,2,5-8,10H2,(H,19,21)(H,20,22)(H,23,24). The molecule has 1 aromatic carbocycles. The van der Waals surface area contributed by atoms with Crippen molar-refractivity contribution >= 4 is 23.5 Å². The van der Waals surface area contributed by atoms with Gasteiger partial charge in [0.15, 0.2) is 0 Å². The molecule has 3 atom stereocenters. The Kier molecular flexibility index (Phi) is 5.33. The zero-order valence-corrected chi connectivity index (χ0v) is 13.9. The van der Waals surface area contributed by atoms with Crippen LogP contribution in [-0.4, -0.2) is 35.6 Å². The average Bonchev–Trinajstić information content (AvgIpc) is 3.06. The first-order valence-corrected chi connectivity index (χ1v) is 8.56. The number of carbonyl (C=O) groups is 3. The molecule has 7 nitrogen and oxygen atoms in total. The molecule has 2 fully saturated rings. The van der Waals surface area contributed by atoms with Crippen LogP contribution in [0, 0.1) is 11.8 Å². The maximum Gasteiger partial charge on any atom is 0.307 e. The van der Waals surface area contributed by atoms with Crippen LogP contribution in [0.4, 0.5) is 5.69 Å². The van der Waals surface area contributed by atoms with Gasteiger partial charge in [-0.3, -0.25) is 14.4 Å². The van der Waals surface area contributed by atoms with E-state index in [4.69, 9.17) is 9.84 Å². The van der Waals surface area contributed by atoms with Gasteiger partial charge in [0, 0.05) is 18.8 Å². The molecule has 0 radical (unpaired) electrons. The largest absolute Gasteiger partial charge is 0.481 e. The fourth-order valence-electron chi connectivity index (χ4n) is 3.20. The third kappa shape index (κ3) is 4.17. The van der Waals surface area contributed by atoms with E-state index in [0.717, 1.165) is 18.4 Å². The lowest BCUT2D eigenvalue weighted by atomic mass is 9.73. The smallest absolute Gasteiger partial charge is 0.307 e. The molecule has 1 aliphatic carbocycles. The number of nitrogens with one attached hydrogen (secondary N) is 2. The Balaban J connectivity index is 1.52. The van der Waals surface area contributed by atoms with Crippen molar-refractivity contribution in [3.8, 4) is 0 Å². The van der Waals surface area contributed by atoms with Crippen LogP contribution < -0.4 is 10.6 Å². The van der Waals surface area contributed by atoms with E-state index in [2.05, 4.69) is 10.6 Å². The molecule has 1 saturated heterocycles. The first kappa shape index (κ1) is 17.4. The van der Waals surface area contributed by atoms with Gasteiger partial charge in [-0.1, -0.05) is 12.1 Å². The average molecular weight is 346 g/mol. The molecule has 3 rings (SSSR count). The van der Waals surface area contributed by atoms with Gasteiger partial charge in [-0.05, 0) is 43.4 Å². The SMILES string of the molecule is O=C(Nc1cccc(CNC(=O)C2CCC2C(=O)O)c1)C1CCCO1. The van der Waals surface area contributed by atoms with Gasteiger partial charge in [0.25, 0.3) is 5.91 Å². The zero-order valence-electron chi connectivity index (χ0n) is 13.9. The second-order valence-corrected chi connectivity index (χ2v) is 6.54. The van der Waals surface area contributed by atoms with Gasteiger partial charge in [0.1, 0.15) is 6.10 Å².